The number of anilines is 3. The molecule has 3 nitrogen and oxygen atoms in total. The van der Waals surface area contributed by atoms with Gasteiger partial charge in [-0.1, -0.05) is 83.9 Å². The lowest BCUT2D eigenvalue weighted by Gasteiger charge is -2.28. The van der Waals surface area contributed by atoms with E-state index in [0.717, 1.165) is 61.6 Å². The van der Waals surface area contributed by atoms with Gasteiger partial charge in [0.1, 0.15) is 0 Å². The molecule has 0 unspecified atom stereocenters. The van der Waals surface area contributed by atoms with Crippen LogP contribution in [0.4, 0.5) is 17.1 Å². The van der Waals surface area contributed by atoms with Gasteiger partial charge in [-0.2, -0.15) is 0 Å². The number of aryl methyl sites for hydroxylation is 2. The Morgan fingerprint density at radius 3 is 2.03 bits per heavy atom. The molecule has 0 radical (unpaired) electrons. The molecular weight excluding hydrogens is 510 g/mol. The van der Waals surface area contributed by atoms with E-state index in [2.05, 4.69) is 73.3 Å². The van der Waals surface area contributed by atoms with Crippen LogP contribution < -0.4 is 4.90 Å². The van der Waals surface area contributed by atoms with Crippen LogP contribution in [0.3, 0.4) is 0 Å². The Kier molecular flexibility index (Phi) is 5.90. The van der Waals surface area contributed by atoms with Crippen molar-refractivity contribution in [2.75, 3.05) is 11.2 Å². The second kappa shape index (κ2) is 9.16. The molecule has 5 aromatic rings. The molecule has 188 valence electrons. The fourth-order valence-corrected chi connectivity index (χ4v) is 6.24. The highest BCUT2D eigenvalue weighted by molar-refractivity contribution is 7.90. The molecule has 0 fully saturated rings. The van der Waals surface area contributed by atoms with Gasteiger partial charge in [0.05, 0.1) is 16.3 Å². The number of hydrogen-bond donors (Lipinski definition) is 0. The summed E-state index contributed by atoms with van der Waals surface area (Å²) in [5, 5.41) is 0.614. The van der Waals surface area contributed by atoms with Gasteiger partial charge in [-0.25, -0.2) is 8.42 Å². The monoisotopic (exact) mass is 535 g/mol. The number of halogens is 1. The number of rotatable bonds is 3. The molecule has 0 bridgehead atoms. The van der Waals surface area contributed by atoms with Gasteiger partial charge >= 0.3 is 0 Å². The second-order valence-electron chi connectivity index (χ2n) is 9.87. The minimum atomic E-state index is -3.43. The van der Waals surface area contributed by atoms with Crippen molar-refractivity contribution in [3.05, 3.63) is 119 Å². The third kappa shape index (κ3) is 4.20. The molecule has 1 heterocycles. The molecule has 0 aromatic heterocycles. The second-order valence-corrected chi connectivity index (χ2v) is 12.3. The molecule has 0 N–H and O–H groups in total. The zero-order valence-corrected chi connectivity index (χ0v) is 22.9. The first kappa shape index (κ1) is 24.5. The van der Waals surface area contributed by atoms with Gasteiger partial charge in [0.15, 0.2) is 9.84 Å². The normalized spacial score (nSPS) is 12.4. The first-order valence-electron chi connectivity index (χ1n) is 12.4. The molecule has 0 amide bonds. The van der Waals surface area contributed by atoms with E-state index in [9.17, 15) is 8.42 Å². The smallest absolute Gasteiger partial charge is 0.175 e. The molecule has 1 aliphatic heterocycles. The molecule has 5 aromatic carbocycles. The lowest BCUT2D eigenvalue weighted by atomic mass is 9.89. The lowest BCUT2D eigenvalue weighted by Crippen LogP contribution is -2.12. The van der Waals surface area contributed by atoms with E-state index in [4.69, 9.17) is 11.6 Å². The van der Waals surface area contributed by atoms with Gasteiger partial charge in [-0.15, -0.1) is 0 Å². The summed E-state index contributed by atoms with van der Waals surface area (Å²) in [7, 11) is -3.43. The topological polar surface area (TPSA) is 37.4 Å². The van der Waals surface area contributed by atoms with Crippen molar-refractivity contribution >= 4 is 38.5 Å². The summed E-state index contributed by atoms with van der Waals surface area (Å²) in [5.74, 6) is 0. The van der Waals surface area contributed by atoms with Crippen molar-refractivity contribution in [2.24, 2.45) is 0 Å². The Bertz CT molecular complexity index is 1810. The Morgan fingerprint density at radius 2 is 1.32 bits per heavy atom. The maximum Gasteiger partial charge on any atom is 0.175 e. The molecule has 1 aliphatic rings. The average Bonchev–Trinajstić information content (AvgIpc) is 3.00. The molecule has 0 saturated carbocycles. The highest BCUT2D eigenvalue weighted by atomic mass is 35.5. The molecule has 0 spiro atoms. The quantitative estimate of drug-likeness (QED) is 0.227. The third-order valence-corrected chi connectivity index (χ3v) is 8.46. The van der Waals surface area contributed by atoms with E-state index in [0.29, 0.717) is 5.02 Å². The minimum Gasteiger partial charge on any atom is -0.309 e. The van der Waals surface area contributed by atoms with Crippen molar-refractivity contribution in [3.63, 3.8) is 0 Å². The number of nitrogens with zero attached hydrogens (tertiary/aromatic N) is 1. The third-order valence-electron chi connectivity index (χ3n) is 7.11. The summed E-state index contributed by atoms with van der Waals surface area (Å²) in [4.78, 5) is 2.41. The van der Waals surface area contributed by atoms with E-state index in [1.165, 1.54) is 6.26 Å². The van der Waals surface area contributed by atoms with Crippen LogP contribution >= 0.6 is 11.6 Å². The number of hydrogen-bond acceptors (Lipinski definition) is 3. The van der Waals surface area contributed by atoms with Crippen LogP contribution in [0.2, 0.25) is 5.02 Å². The fourth-order valence-electron chi connectivity index (χ4n) is 5.44. The Hall–Kier alpha value is -3.86. The first-order valence-corrected chi connectivity index (χ1v) is 14.7. The summed E-state index contributed by atoms with van der Waals surface area (Å²) >= 11 is 6.59. The highest BCUT2D eigenvalue weighted by Gasteiger charge is 2.29. The van der Waals surface area contributed by atoms with Crippen molar-refractivity contribution in [2.45, 2.75) is 18.7 Å². The van der Waals surface area contributed by atoms with Gasteiger partial charge in [0.2, 0.25) is 0 Å². The minimum absolute atomic E-state index is 0.277. The average molecular weight is 536 g/mol. The standard InChI is InChI=1S/C33H26ClNO2S/c1-21-17-22(2)33-29-16-14-27(38(3,36)37)20-32(29)35(31-19-25(34)11-15-28(31)30(33)18-21)26-12-9-24(10-13-26)23-7-5-4-6-8-23/h4-20H,1-3H3. The van der Waals surface area contributed by atoms with Gasteiger partial charge in [0, 0.05) is 28.1 Å². The van der Waals surface area contributed by atoms with Crippen molar-refractivity contribution in [3.8, 4) is 33.4 Å². The molecular formula is C33H26ClNO2S. The zero-order chi connectivity index (χ0) is 26.6. The van der Waals surface area contributed by atoms with Crippen LogP contribution in [0.1, 0.15) is 11.1 Å². The maximum absolute atomic E-state index is 12.7. The summed E-state index contributed by atoms with van der Waals surface area (Å²) in [6.45, 7) is 4.21. The summed E-state index contributed by atoms with van der Waals surface area (Å²) in [5.41, 5.74) is 11.4. The Labute approximate surface area is 228 Å². The predicted octanol–water partition coefficient (Wildman–Crippen LogP) is 9.14. The van der Waals surface area contributed by atoms with Gasteiger partial charge in [-0.05, 0) is 78.1 Å². The molecule has 5 heteroatoms. The van der Waals surface area contributed by atoms with Gasteiger partial charge < -0.3 is 4.90 Å². The lowest BCUT2D eigenvalue weighted by molar-refractivity contribution is 0.602. The fraction of sp³-hybridized carbons (Fsp3) is 0.0909. The van der Waals surface area contributed by atoms with Crippen LogP contribution in [-0.2, 0) is 9.84 Å². The van der Waals surface area contributed by atoms with Crippen LogP contribution in [0.15, 0.2) is 108 Å². The number of sulfone groups is 1. The predicted molar refractivity (Wildman–Crippen MR) is 159 cm³/mol. The maximum atomic E-state index is 12.7. The SMILES string of the molecule is Cc1cc(C)c2c(c1)-c1ccc(Cl)cc1N(c1ccc(-c3ccccc3)cc1)c1cc(S(C)(=O)=O)ccc1-2. The van der Waals surface area contributed by atoms with Crippen molar-refractivity contribution in [1.82, 2.24) is 0 Å². The Morgan fingerprint density at radius 1 is 0.658 bits per heavy atom. The molecule has 0 atom stereocenters. The molecule has 0 saturated heterocycles. The van der Waals surface area contributed by atoms with Gasteiger partial charge in [0.25, 0.3) is 0 Å². The summed E-state index contributed by atoms with van der Waals surface area (Å²) < 4.78 is 25.3. The summed E-state index contributed by atoms with van der Waals surface area (Å²) in [6, 6.07) is 34.3. The van der Waals surface area contributed by atoms with E-state index in [-0.39, 0.29) is 4.90 Å². The highest BCUT2D eigenvalue weighted by Crippen LogP contribution is 2.53. The van der Waals surface area contributed by atoms with Crippen LogP contribution in [-0.4, -0.2) is 14.7 Å². The van der Waals surface area contributed by atoms with Crippen molar-refractivity contribution < 1.29 is 8.42 Å². The van der Waals surface area contributed by atoms with Gasteiger partial charge in [-0.3, -0.25) is 0 Å². The molecule has 6 rings (SSSR count). The van der Waals surface area contributed by atoms with Crippen LogP contribution in [0, 0.1) is 13.8 Å². The van der Waals surface area contributed by atoms with Crippen molar-refractivity contribution in [1.29, 1.82) is 0 Å². The molecule has 0 aliphatic carbocycles. The zero-order valence-electron chi connectivity index (χ0n) is 21.4. The van der Waals surface area contributed by atoms with Crippen LogP contribution in [0.25, 0.3) is 33.4 Å². The first-order chi connectivity index (χ1) is 18.2. The van der Waals surface area contributed by atoms with E-state index in [1.54, 1.807) is 12.1 Å². The summed E-state index contributed by atoms with van der Waals surface area (Å²) in [6.07, 6.45) is 1.25. The Balaban J connectivity index is 1.68. The van der Waals surface area contributed by atoms with E-state index >= 15 is 0 Å². The van der Waals surface area contributed by atoms with E-state index in [1.807, 2.05) is 36.4 Å². The van der Waals surface area contributed by atoms with Crippen LogP contribution in [0.5, 0.6) is 0 Å². The number of fused-ring (bicyclic) bond motifs is 5. The van der Waals surface area contributed by atoms with E-state index < -0.39 is 9.84 Å². The largest absolute Gasteiger partial charge is 0.309 e. The number of benzene rings is 5. The molecule has 38 heavy (non-hydrogen) atoms.